The van der Waals surface area contributed by atoms with Crippen molar-refractivity contribution >= 4 is 23.1 Å². The lowest BCUT2D eigenvalue weighted by molar-refractivity contribution is -0.185. The van der Waals surface area contributed by atoms with Crippen LogP contribution in [0.25, 0.3) is 0 Å². The smallest absolute Gasteiger partial charge is 0.181 e. The van der Waals surface area contributed by atoms with Crippen LogP contribution < -0.4 is 0 Å². The van der Waals surface area contributed by atoms with Gasteiger partial charge in [0.2, 0.25) is 0 Å². The molecule has 2 saturated carbocycles. The van der Waals surface area contributed by atoms with Gasteiger partial charge in [0.15, 0.2) is 34.6 Å². The Morgan fingerprint density at radius 1 is 0.795 bits per heavy atom. The van der Waals surface area contributed by atoms with E-state index in [4.69, 9.17) is 0 Å². The number of Topliss-reactive ketones (excluding diaryl/α,β-unsaturated/α-hetero) is 4. The van der Waals surface area contributed by atoms with Crippen LogP contribution in [0.4, 0.5) is 0 Å². The number of hydrogen-bond donors (Lipinski definition) is 2. The van der Waals surface area contributed by atoms with Crippen LogP contribution in [0.1, 0.15) is 111 Å². The number of fused-ring (bicyclic) bond motifs is 2. The van der Waals surface area contributed by atoms with Crippen LogP contribution in [0.5, 0.6) is 11.5 Å². The highest BCUT2D eigenvalue weighted by Gasteiger charge is 2.75. The fourth-order valence-corrected chi connectivity index (χ4v) is 7.32. The number of phenols is 2. The van der Waals surface area contributed by atoms with Crippen LogP contribution >= 0.6 is 0 Å². The van der Waals surface area contributed by atoms with Gasteiger partial charge in [-0.15, -0.1) is 0 Å². The predicted octanol–water partition coefficient (Wildman–Crippen LogP) is 8.43. The van der Waals surface area contributed by atoms with Crippen molar-refractivity contribution in [1.29, 1.82) is 0 Å². The molecule has 0 amide bonds. The highest BCUT2D eigenvalue weighted by atomic mass is 16.3. The van der Waals surface area contributed by atoms with E-state index in [1.54, 1.807) is 0 Å². The second kappa shape index (κ2) is 13.2. The monoisotopic (exact) mass is 602 g/mol. The minimum Gasteiger partial charge on any atom is -0.504 e. The van der Waals surface area contributed by atoms with Crippen LogP contribution in [-0.4, -0.2) is 33.3 Å². The quantitative estimate of drug-likeness (QED) is 0.114. The third-order valence-electron chi connectivity index (χ3n) is 9.93. The van der Waals surface area contributed by atoms with Gasteiger partial charge in [-0.1, -0.05) is 53.5 Å². The lowest BCUT2D eigenvalue weighted by atomic mass is 9.36. The molecule has 5 atom stereocenters. The van der Waals surface area contributed by atoms with Gasteiger partial charge in [0.1, 0.15) is 5.92 Å². The summed E-state index contributed by atoms with van der Waals surface area (Å²) in [6, 6.07) is 3.56. The first-order valence-electron chi connectivity index (χ1n) is 15.7. The van der Waals surface area contributed by atoms with Crippen LogP contribution in [0.2, 0.25) is 0 Å². The molecule has 2 fully saturated rings. The van der Waals surface area contributed by atoms with Crippen LogP contribution in [0.15, 0.2) is 64.8 Å². The third kappa shape index (κ3) is 6.18. The Bertz CT molecular complexity index is 1460. The van der Waals surface area contributed by atoms with Crippen molar-refractivity contribution in [3.63, 3.8) is 0 Å². The van der Waals surface area contributed by atoms with Crippen molar-refractivity contribution in [2.75, 3.05) is 0 Å². The largest absolute Gasteiger partial charge is 0.504 e. The summed E-state index contributed by atoms with van der Waals surface area (Å²) >= 11 is 0. The van der Waals surface area contributed by atoms with Crippen LogP contribution in [0, 0.1) is 28.1 Å². The van der Waals surface area contributed by atoms with Crippen molar-refractivity contribution in [3.05, 3.63) is 70.4 Å². The molecule has 2 N–H and O–H groups in total. The lowest BCUT2D eigenvalue weighted by Gasteiger charge is -2.62. The topological polar surface area (TPSA) is 109 Å². The number of rotatable bonds is 11. The second-order valence-corrected chi connectivity index (χ2v) is 14.2. The third-order valence-corrected chi connectivity index (χ3v) is 9.93. The number of carbonyl (C=O) groups is 4. The van der Waals surface area contributed by atoms with E-state index in [0.29, 0.717) is 19.3 Å². The standard InChI is InChI=1S/C38H50O6/c1-23(2)11-10-18-36(9)28(14-12-24(3)4)22-37(19-16-25(5)6)33(42)31(32(41)27-13-15-29(39)30(40)21-27)34(43)38(36,35(37)44)20-17-26(7)8/h11-13,15-17,21,28,31,39-40H,10,14,18-20,22H2,1-9H3/t28-,31?,36+,37-,38+/m0/s1. The molecule has 0 radical (unpaired) electrons. The zero-order valence-electron chi connectivity index (χ0n) is 28.0. The molecule has 238 valence electrons. The van der Waals surface area contributed by atoms with Crippen molar-refractivity contribution in [2.24, 2.45) is 28.1 Å². The summed E-state index contributed by atoms with van der Waals surface area (Å²) in [7, 11) is 0. The van der Waals surface area contributed by atoms with E-state index >= 15 is 9.59 Å². The van der Waals surface area contributed by atoms with Gasteiger partial charge in [-0.3, -0.25) is 19.2 Å². The molecular weight excluding hydrogens is 552 g/mol. The molecule has 0 aliphatic heterocycles. The Hall–Kier alpha value is -3.54. The molecule has 2 aliphatic rings. The van der Waals surface area contributed by atoms with Gasteiger partial charge in [-0.2, -0.15) is 0 Å². The maximum atomic E-state index is 15.2. The molecule has 1 unspecified atom stereocenters. The normalized spacial score (nSPS) is 27.8. The molecule has 0 heterocycles. The predicted molar refractivity (Wildman–Crippen MR) is 175 cm³/mol. The van der Waals surface area contributed by atoms with E-state index in [2.05, 4.69) is 12.2 Å². The first-order chi connectivity index (χ1) is 20.4. The SMILES string of the molecule is CC(C)=CCC[C@]1(C)[C@@H](CC=C(C)C)C[C@@]2(CC=C(C)C)C(=O)C(C(=O)c3ccc(O)c(O)c3)C(=O)[C@]1(CC=C(C)C)C2=O. The number of ketones is 4. The van der Waals surface area contributed by atoms with E-state index in [1.165, 1.54) is 12.1 Å². The first-order valence-corrected chi connectivity index (χ1v) is 15.7. The lowest BCUT2D eigenvalue weighted by Crippen LogP contribution is -2.72. The first kappa shape index (κ1) is 34.9. The van der Waals surface area contributed by atoms with Crippen LogP contribution in [0.3, 0.4) is 0 Å². The van der Waals surface area contributed by atoms with Gasteiger partial charge in [-0.05, 0) is 123 Å². The molecular formula is C38H50O6. The summed E-state index contributed by atoms with van der Waals surface area (Å²) in [5.41, 5.74) is 0.0761. The molecule has 1 aromatic rings. The molecule has 6 nitrogen and oxygen atoms in total. The molecule has 0 saturated heterocycles. The zero-order valence-corrected chi connectivity index (χ0v) is 28.0. The Kier molecular flexibility index (Phi) is 10.5. The number of phenolic OH excluding ortho intramolecular Hbond substituents is 2. The average molecular weight is 603 g/mol. The Morgan fingerprint density at radius 3 is 1.91 bits per heavy atom. The number of allylic oxidation sites excluding steroid dienone is 8. The van der Waals surface area contributed by atoms with Crippen LogP contribution in [-0.2, 0) is 14.4 Å². The van der Waals surface area contributed by atoms with E-state index in [9.17, 15) is 19.8 Å². The fraction of sp³-hybridized carbons (Fsp3) is 0.526. The summed E-state index contributed by atoms with van der Waals surface area (Å²) in [5, 5.41) is 20.1. The molecule has 0 spiro atoms. The average Bonchev–Trinajstić information content (AvgIpc) is 2.92. The van der Waals surface area contributed by atoms with Gasteiger partial charge in [0.25, 0.3) is 0 Å². The molecule has 6 heteroatoms. The molecule has 2 bridgehead atoms. The maximum Gasteiger partial charge on any atom is 0.181 e. The zero-order chi connectivity index (χ0) is 33.2. The van der Waals surface area contributed by atoms with Gasteiger partial charge < -0.3 is 10.2 Å². The van der Waals surface area contributed by atoms with Gasteiger partial charge in [-0.25, -0.2) is 0 Å². The van der Waals surface area contributed by atoms with Gasteiger partial charge >= 0.3 is 0 Å². The molecule has 3 rings (SSSR count). The summed E-state index contributed by atoms with van der Waals surface area (Å²) < 4.78 is 0. The highest BCUT2D eigenvalue weighted by Crippen LogP contribution is 2.67. The highest BCUT2D eigenvalue weighted by molar-refractivity contribution is 6.38. The minimum atomic E-state index is -1.69. The summed E-state index contributed by atoms with van der Waals surface area (Å²) in [5.74, 6) is -5.20. The number of hydrogen-bond acceptors (Lipinski definition) is 6. The van der Waals surface area contributed by atoms with Crippen molar-refractivity contribution in [2.45, 2.75) is 101 Å². The summed E-state index contributed by atoms with van der Waals surface area (Å²) in [4.78, 5) is 59.2. The number of aromatic hydroxyl groups is 2. The Balaban J connectivity index is 2.43. The van der Waals surface area contributed by atoms with Gasteiger partial charge in [0, 0.05) is 5.56 Å². The molecule has 44 heavy (non-hydrogen) atoms. The Labute approximate surface area is 263 Å². The van der Waals surface area contributed by atoms with Crippen molar-refractivity contribution < 1.29 is 29.4 Å². The maximum absolute atomic E-state index is 15.2. The molecule has 2 aliphatic carbocycles. The van der Waals surface area contributed by atoms with E-state index in [-0.39, 0.29) is 36.5 Å². The Morgan fingerprint density at radius 2 is 1.36 bits per heavy atom. The van der Waals surface area contributed by atoms with Gasteiger partial charge in [0.05, 0.1) is 10.8 Å². The number of carbonyl (C=O) groups excluding carboxylic acids is 4. The minimum absolute atomic E-state index is 0.0542. The molecule has 1 aromatic carbocycles. The van der Waals surface area contributed by atoms with E-state index in [0.717, 1.165) is 28.4 Å². The van der Waals surface area contributed by atoms with Crippen molar-refractivity contribution in [1.82, 2.24) is 0 Å². The fourth-order valence-electron chi connectivity index (χ4n) is 7.32. The molecule has 0 aromatic heterocycles. The van der Waals surface area contributed by atoms with E-state index in [1.807, 2.05) is 74.5 Å². The summed E-state index contributed by atoms with van der Waals surface area (Å²) in [6.45, 7) is 17.8. The van der Waals surface area contributed by atoms with E-state index < -0.39 is 51.0 Å². The van der Waals surface area contributed by atoms with Crippen molar-refractivity contribution in [3.8, 4) is 11.5 Å². The number of benzene rings is 1. The second-order valence-electron chi connectivity index (χ2n) is 14.2. The summed E-state index contributed by atoms with van der Waals surface area (Å²) in [6.07, 6.45) is 10.3.